The van der Waals surface area contributed by atoms with Crippen LogP contribution >= 0.6 is 0 Å². The Kier molecular flexibility index (Phi) is 6.67. The van der Waals surface area contributed by atoms with Gasteiger partial charge in [-0.2, -0.15) is 0 Å². The van der Waals surface area contributed by atoms with Crippen LogP contribution in [0.2, 0.25) is 0 Å². The van der Waals surface area contributed by atoms with Gasteiger partial charge in [0.15, 0.2) is 0 Å². The van der Waals surface area contributed by atoms with Crippen molar-refractivity contribution in [1.29, 1.82) is 0 Å². The summed E-state index contributed by atoms with van der Waals surface area (Å²) in [6.07, 6.45) is 2.21. The number of anilines is 1. The molecule has 0 atom stereocenters. The monoisotopic (exact) mass is 235 g/mol. The smallest absolute Gasteiger partial charge is 0.0522 e. The highest BCUT2D eigenvalue weighted by Gasteiger charge is 2.12. The van der Waals surface area contributed by atoms with Crippen LogP contribution < -0.4 is 10.7 Å². The van der Waals surface area contributed by atoms with E-state index < -0.39 is 0 Å². The minimum Gasteiger partial charge on any atom is -0.330 e. The lowest BCUT2D eigenvalue weighted by Crippen LogP contribution is -2.44. The number of hydrazine groups is 1. The SMILES string of the molecule is CCCN(CCCN)N(CC)c1ccccc1. The molecule has 0 aliphatic rings. The average Bonchev–Trinajstić information content (AvgIpc) is 2.38. The van der Waals surface area contributed by atoms with Crippen LogP contribution in [0.3, 0.4) is 0 Å². The lowest BCUT2D eigenvalue weighted by Gasteiger charge is -2.36. The Labute approximate surface area is 105 Å². The molecule has 17 heavy (non-hydrogen) atoms. The second-order valence-corrected chi connectivity index (χ2v) is 4.15. The summed E-state index contributed by atoms with van der Waals surface area (Å²) in [4.78, 5) is 0. The first-order valence-corrected chi connectivity index (χ1v) is 6.61. The first-order chi connectivity index (χ1) is 8.33. The maximum Gasteiger partial charge on any atom is 0.0522 e. The highest BCUT2D eigenvalue weighted by molar-refractivity contribution is 5.44. The molecule has 3 heteroatoms. The zero-order valence-electron chi connectivity index (χ0n) is 11.1. The predicted molar refractivity (Wildman–Crippen MR) is 75.0 cm³/mol. The molecule has 0 aromatic heterocycles. The first kappa shape index (κ1) is 14.0. The third-order valence-corrected chi connectivity index (χ3v) is 2.80. The van der Waals surface area contributed by atoms with Crippen molar-refractivity contribution >= 4 is 5.69 Å². The Morgan fingerprint density at radius 2 is 1.76 bits per heavy atom. The van der Waals surface area contributed by atoms with Crippen LogP contribution in [0.5, 0.6) is 0 Å². The van der Waals surface area contributed by atoms with E-state index in [4.69, 9.17) is 5.73 Å². The largest absolute Gasteiger partial charge is 0.330 e. The number of rotatable bonds is 8. The van der Waals surface area contributed by atoms with Crippen LogP contribution in [-0.4, -0.2) is 31.2 Å². The molecule has 96 valence electrons. The molecule has 0 aliphatic carbocycles. The van der Waals surface area contributed by atoms with E-state index in [1.54, 1.807) is 0 Å². The minimum absolute atomic E-state index is 0.757. The Morgan fingerprint density at radius 1 is 1.06 bits per heavy atom. The number of hydrogen-bond donors (Lipinski definition) is 1. The van der Waals surface area contributed by atoms with Crippen molar-refractivity contribution in [2.75, 3.05) is 31.2 Å². The Bertz CT molecular complexity index is 287. The van der Waals surface area contributed by atoms with Crippen molar-refractivity contribution in [2.45, 2.75) is 26.7 Å². The molecule has 3 nitrogen and oxygen atoms in total. The van der Waals surface area contributed by atoms with Crippen LogP contribution in [0.1, 0.15) is 26.7 Å². The molecule has 0 saturated heterocycles. The van der Waals surface area contributed by atoms with Crippen molar-refractivity contribution in [3.8, 4) is 0 Å². The molecule has 0 heterocycles. The van der Waals surface area contributed by atoms with Gasteiger partial charge in [0.05, 0.1) is 5.69 Å². The molecule has 0 amide bonds. The number of benzene rings is 1. The zero-order chi connectivity index (χ0) is 12.5. The summed E-state index contributed by atoms with van der Waals surface area (Å²) in [6, 6.07) is 10.6. The summed E-state index contributed by atoms with van der Waals surface area (Å²) in [5, 5.41) is 4.75. The highest BCUT2D eigenvalue weighted by Crippen LogP contribution is 2.16. The van der Waals surface area contributed by atoms with Crippen LogP contribution in [0.25, 0.3) is 0 Å². The fraction of sp³-hybridized carbons (Fsp3) is 0.571. The fourth-order valence-electron chi connectivity index (χ4n) is 2.03. The minimum atomic E-state index is 0.757. The molecular weight excluding hydrogens is 210 g/mol. The van der Waals surface area contributed by atoms with E-state index in [0.717, 1.165) is 39.0 Å². The van der Waals surface area contributed by atoms with Gasteiger partial charge in [0, 0.05) is 19.6 Å². The second kappa shape index (κ2) is 8.09. The third kappa shape index (κ3) is 4.36. The molecule has 0 unspecified atom stereocenters. The van der Waals surface area contributed by atoms with E-state index >= 15 is 0 Å². The average molecular weight is 235 g/mol. The van der Waals surface area contributed by atoms with Gasteiger partial charge in [-0.3, -0.25) is 0 Å². The summed E-state index contributed by atoms with van der Waals surface area (Å²) in [6.45, 7) is 8.28. The second-order valence-electron chi connectivity index (χ2n) is 4.15. The van der Waals surface area contributed by atoms with Gasteiger partial charge in [0.2, 0.25) is 0 Å². The summed E-state index contributed by atoms with van der Waals surface area (Å²) in [5.41, 5.74) is 6.87. The summed E-state index contributed by atoms with van der Waals surface area (Å²) < 4.78 is 0. The maximum absolute atomic E-state index is 5.61. The predicted octanol–water partition coefficient (Wildman–Crippen LogP) is 2.49. The van der Waals surface area contributed by atoms with Crippen LogP contribution in [0.15, 0.2) is 30.3 Å². The Hall–Kier alpha value is -1.06. The van der Waals surface area contributed by atoms with E-state index in [9.17, 15) is 0 Å². The summed E-state index contributed by atoms with van der Waals surface area (Å²) >= 11 is 0. The van der Waals surface area contributed by atoms with Crippen molar-refractivity contribution in [3.63, 3.8) is 0 Å². The van der Waals surface area contributed by atoms with Gasteiger partial charge in [0.1, 0.15) is 0 Å². The molecule has 2 N–H and O–H groups in total. The van der Waals surface area contributed by atoms with Crippen LogP contribution in [0, 0.1) is 0 Å². The molecule has 0 aliphatic heterocycles. The van der Waals surface area contributed by atoms with Gasteiger partial charge in [-0.1, -0.05) is 25.1 Å². The van der Waals surface area contributed by atoms with Crippen LogP contribution in [-0.2, 0) is 0 Å². The quantitative estimate of drug-likeness (QED) is 0.703. The topological polar surface area (TPSA) is 32.5 Å². The number of nitrogens with two attached hydrogens (primary N) is 1. The van der Waals surface area contributed by atoms with E-state index in [-0.39, 0.29) is 0 Å². The number of nitrogens with zero attached hydrogens (tertiary/aromatic N) is 2. The molecule has 1 aromatic carbocycles. The van der Waals surface area contributed by atoms with Gasteiger partial charge >= 0.3 is 0 Å². The molecule has 1 rings (SSSR count). The first-order valence-electron chi connectivity index (χ1n) is 6.61. The van der Waals surface area contributed by atoms with E-state index in [2.05, 4.69) is 54.2 Å². The lowest BCUT2D eigenvalue weighted by molar-refractivity contribution is 0.250. The van der Waals surface area contributed by atoms with Crippen molar-refractivity contribution in [1.82, 2.24) is 5.01 Å². The Balaban J connectivity index is 2.73. The van der Waals surface area contributed by atoms with E-state index in [0.29, 0.717) is 0 Å². The van der Waals surface area contributed by atoms with Gasteiger partial charge in [0.25, 0.3) is 0 Å². The Morgan fingerprint density at radius 3 is 2.29 bits per heavy atom. The van der Waals surface area contributed by atoms with Crippen molar-refractivity contribution in [2.24, 2.45) is 5.73 Å². The molecule has 0 saturated carbocycles. The van der Waals surface area contributed by atoms with Gasteiger partial charge in [-0.05, 0) is 38.4 Å². The van der Waals surface area contributed by atoms with Gasteiger partial charge in [-0.25, -0.2) is 5.01 Å². The normalized spacial score (nSPS) is 10.8. The van der Waals surface area contributed by atoms with Crippen molar-refractivity contribution in [3.05, 3.63) is 30.3 Å². The third-order valence-electron chi connectivity index (χ3n) is 2.80. The highest BCUT2D eigenvalue weighted by atomic mass is 15.6. The molecule has 0 bridgehead atoms. The fourth-order valence-corrected chi connectivity index (χ4v) is 2.03. The zero-order valence-corrected chi connectivity index (χ0v) is 11.1. The number of hydrogen-bond acceptors (Lipinski definition) is 3. The molecule has 0 fully saturated rings. The maximum atomic E-state index is 5.61. The van der Waals surface area contributed by atoms with Crippen LogP contribution in [0.4, 0.5) is 5.69 Å². The summed E-state index contributed by atoms with van der Waals surface area (Å²) in [7, 11) is 0. The number of para-hydroxylation sites is 1. The molecule has 0 spiro atoms. The van der Waals surface area contributed by atoms with E-state index in [1.807, 2.05) is 0 Å². The molecule has 1 aromatic rings. The summed E-state index contributed by atoms with van der Waals surface area (Å²) in [5.74, 6) is 0. The van der Waals surface area contributed by atoms with Crippen molar-refractivity contribution < 1.29 is 0 Å². The van der Waals surface area contributed by atoms with Gasteiger partial charge < -0.3 is 10.7 Å². The lowest BCUT2D eigenvalue weighted by atomic mass is 10.3. The van der Waals surface area contributed by atoms with Gasteiger partial charge in [-0.15, -0.1) is 0 Å². The standard InChI is InChI=1S/C14H25N3/c1-3-12-16(13-8-11-15)17(4-2)14-9-6-5-7-10-14/h5-7,9-10H,3-4,8,11-13,15H2,1-2H3. The molecule has 0 radical (unpaired) electrons. The molecular formula is C14H25N3. The van der Waals surface area contributed by atoms with E-state index in [1.165, 1.54) is 5.69 Å².